The first kappa shape index (κ1) is 21.4. The Kier molecular flexibility index (Phi) is 8.61. The van der Waals surface area contributed by atoms with Crippen LogP contribution >= 0.6 is 11.6 Å². The van der Waals surface area contributed by atoms with Crippen molar-refractivity contribution >= 4 is 17.6 Å². The summed E-state index contributed by atoms with van der Waals surface area (Å²) in [6, 6.07) is 15.9. The molecule has 0 saturated carbocycles. The molecule has 0 spiro atoms. The van der Waals surface area contributed by atoms with Crippen molar-refractivity contribution in [1.29, 1.82) is 0 Å². The summed E-state index contributed by atoms with van der Waals surface area (Å²) in [5.41, 5.74) is 2.17. The second-order valence-corrected chi connectivity index (χ2v) is 7.23. The first-order chi connectivity index (χ1) is 14.2. The van der Waals surface area contributed by atoms with Crippen molar-refractivity contribution in [2.75, 3.05) is 46.5 Å². The Labute approximate surface area is 177 Å². The first-order valence-corrected chi connectivity index (χ1v) is 10.3. The summed E-state index contributed by atoms with van der Waals surface area (Å²) < 4.78 is 11.3. The van der Waals surface area contributed by atoms with Gasteiger partial charge in [0.25, 0.3) is 0 Å². The Morgan fingerprint density at radius 1 is 1.10 bits per heavy atom. The highest BCUT2D eigenvalue weighted by Gasteiger charge is 2.10. The zero-order valence-electron chi connectivity index (χ0n) is 16.9. The number of hydrogen-bond acceptors (Lipinski definition) is 4. The van der Waals surface area contributed by atoms with E-state index in [1.165, 1.54) is 0 Å². The number of benzene rings is 2. The number of hydrogen-bond donors (Lipinski definition) is 2. The predicted molar refractivity (Wildman–Crippen MR) is 118 cm³/mol. The second kappa shape index (κ2) is 11.7. The molecule has 0 radical (unpaired) electrons. The molecule has 0 unspecified atom stereocenters. The highest BCUT2D eigenvalue weighted by Crippen LogP contribution is 2.15. The van der Waals surface area contributed by atoms with Crippen LogP contribution in [-0.4, -0.2) is 57.4 Å². The van der Waals surface area contributed by atoms with E-state index in [1.807, 2.05) is 36.4 Å². The van der Waals surface area contributed by atoms with Crippen LogP contribution in [0.25, 0.3) is 0 Å². The molecule has 0 bridgehead atoms. The van der Waals surface area contributed by atoms with E-state index in [2.05, 4.69) is 32.7 Å². The Hall–Kier alpha value is -2.28. The monoisotopic (exact) mass is 416 g/mol. The molecule has 2 N–H and O–H groups in total. The van der Waals surface area contributed by atoms with E-state index in [-0.39, 0.29) is 0 Å². The molecule has 6 nitrogen and oxygen atoms in total. The smallest absolute Gasteiger partial charge is 0.191 e. The SMILES string of the molecule is CN=C(NCc1cccc(OCCN2CCOCC2)c1)NCc1ccccc1Cl. The molecule has 2 aromatic rings. The van der Waals surface area contributed by atoms with Gasteiger partial charge in [0.2, 0.25) is 0 Å². The molecule has 29 heavy (non-hydrogen) atoms. The number of guanidine groups is 1. The van der Waals surface area contributed by atoms with Crippen molar-refractivity contribution in [3.63, 3.8) is 0 Å². The van der Waals surface area contributed by atoms with Gasteiger partial charge in [0.05, 0.1) is 13.2 Å². The fourth-order valence-corrected chi connectivity index (χ4v) is 3.29. The minimum absolute atomic E-state index is 0.615. The van der Waals surface area contributed by atoms with Crippen LogP contribution < -0.4 is 15.4 Å². The summed E-state index contributed by atoms with van der Waals surface area (Å²) in [5, 5.41) is 7.37. The minimum atomic E-state index is 0.615. The minimum Gasteiger partial charge on any atom is -0.492 e. The molecule has 0 aromatic heterocycles. The third-order valence-electron chi connectivity index (χ3n) is 4.77. The van der Waals surface area contributed by atoms with E-state index in [9.17, 15) is 0 Å². The first-order valence-electron chi connectivity index (χ1n) is 9.94. The van der Waals surface area contributed by atoms with Gasteiger partial charge in [-0.2, -0.15) is 0 Å². The zero-order chi connectivity index (χ0) is 20.3. The summed E-state index contributed by atoms with van der Waals surface area (Å²) in [6.45, 7) is 6.45. The maximum atomic E-state index is 6.21. The van der Waals surface area contributed by atoms with Crippen molar-refractivity contribution in [3.05, 3.63) is 64.7 Å². The number of aliphatic imine (C=N–C) groups is 1. The van der Waals surface area contributed by atoms with Crippen molar-refractivity contribution in [2.24, 2.45) is 4.99 Å². The lowest BCUT2D eigenvalue weighted by molar-refractivity contribution is 0.0322. The predicted octanol–water partition coefficient (Wildman–Crippen LogP) is 2.92. The van der Waals surface area contributed by atoms with Gasteiger partial charge in [0.1, 0.15) is 12.4 Å². The highest BCUT2D eigenvalue weighted by molar-refractivity contribution is 6.31. The molecule has 1 fully saturated rings. The summed E-state index contributed by atoms with van der Waals surface area (Å²) in [7, 11) is 1.76. The molecule has 1 heterocycles. The Balaban J connectivity index is 1.43. The number of rotatable bonds is 8. The van der Waals surface area contributed by atoms with Gasteiger partial charge in [-0.05, 0) is 29.3 Å². The molecule has 156 valence electrons. The van der Waals surface area contributed by atoms with Crippen molar-refractivity contribution < 1.29 is 9.47 Å². The maximum absolute atomic E-state index is 6.21. The molecule has 0 aliphatic carbocycles. The van der Waals surface area contributed by atoms with Crippen LogP contribution in [0, 0.1) is 0 Å². The van der Waals surface area contributed by atoms with Gasteiger partial charge in [-0.3, -0.25) is 9.89 Å². The second-order valence-electron chi connectivity index (χ2n) is 6.82. The fraction of sp³-hybridized carbons (Fsp3) is 0.409. The molecule has 0 amide bonds. The molecule has 0 atom stereocenters. The lowest BCUT2D eigenvalue weighted by Gasteiger charge is -2.26. The van der Waals surface area contributed by atoms with Crippen LogP contribution in [0.3, 0.4) is 0 Å². The number of nitrogens with one attached hydrogen (secondary N) is 2. The van der Waals surface area contributed by atoms with E-state index in [0.29, 0.717) is 19.7 Å². The van der Waals surface area contributed by atoms with E-state index >= 15 is 0 Å². The zero-order valence-corrected chi connectivity index (χ0v) is 17.6. The molecule has 2 aromatic carbocycles. The van der Waals surface area contributed by atoms with Crippen molar-refractivity contribution in [3.8, 4) is 5.75 Å². The number of halogens is 1. The average molecular weight is 417 g/mol. The number of morpholine rings is 1. The average Bonchev–Trinajstić information content (AvgIpc) is 2.76. The molecule has 1 aliphatic rings. The van der Waals surface area contributed by atoms with Gasteiger partial charge in [-0.1, -0.05) is 41.9 Å². The Morgan fingerprint density at radius 3 is 2.69 bits per heavy atom. The molecule has 1 aliphatic heterocycles. The van der Waals surface area contributed by atoms with Crippen molar-refractivity contribution in [1.82, 2.24) is 15.5 Å². The molecule has 1 saturated heterocycles. The van der Waals surface area contributed by atoms with Crippen LogP contribution in [0.2, 0.25) is 5.02 Å². The maximum Gasteiger partial charge on any atom is 0.191 e. The molecular weight excluding hydrogens is 388 g/mol. The summed E-state index contributed by atoms with van der Waals surface area (Å²) in [6.07, 6.45) is 0. The topological polar surface area (TPSA) is 58.1 Å². The Morgan fingerprint density at radius 2 is 1.90 bits per heavy atom. The number of ether oxygens (including phenoxy) is 2. The fourth-order valence-electron chi connectivity index (χ4n) is 3.09. The summed E-state index contributed by atoms with van der Waals surface area (Å²) in [5.74, 6) is 1.61. The summed E-state index contributed by atoms with van der Waals surface area (Å²) >= 11 is 6.21. The molecule has 7 heteroatoms. The third-order valence-corrected chi connectivity index (χ3v) is 5.13. The van der Waals surface area contributed by atoms with Crippen LogP contribution in [-0.2, 0) is 17.8 Å². The van der Waals surface area contributed by atoms with Crippen LogP contribution in [0.1, 0.15) is 11.1 Å². The van der Waals surface area contributed by atoms with Crippen LogP contribution in [0.4, 0.5) is 0 Å². The van der Waals surface area contributed by atoms with Crippen LogP contribution in [0.15, 0.2) is 53.5 Å². The lowest BCUT2D eigenvalue weighted by atomic mass is 10.2. The van der Waals surface area contributed by atoms with E-state index in [4.69, 9.17) is 21.1 Å². The van der Waals surface area contributed by atoms with Crippen LogP contribution in [0.5, 0.6) is 5.75 Å². The highest BCUT2D eigenvalue weighted by atomic mass is 35.5. The Bertz CT molecular complexity index is 794. The number of nitrogens with zero attached hydrogens (tertiary/aromatic N) is 2. The van der Waals surface area contributed by atoms with Crippen molar-refractivity contribution in [2.45, 2.75) is 13.1 Å². The van der Waals surface area contributed by atoms with Gasteiger partial charge < -0.3 is 20.1 Å². The van der Waals surface area contributed by atoms with Gasteiger partial charge in [0.15, 0.2) is 5.96 Å². The van der Waals surface area contributed by atoms with E-state index in [1.54, 1.807) is 7.05 Å². The standard InChI is InChI=1S/C22H29ClN4O2/c1-24-22(26-17-19-6-2-3-8-21(19)23)25-16-18-5-4-7-20(15-18)29-14-11-27-9-12-28-13-10-27/h2-8,15H,9-14,16-17H2,1H3,(H2,24,25,26). The lowest BCUT2D eigenvalue weighted by Crippen LogP contribution is -2.38. The van der Waals surface area contributed by atoms with Gasteiger partial charge in [-0.15, -0.1) is 0 Å². The normalized spacial score (nSPS) is 15.2. The molecular formula is C22H29ClN4O2. The van der Waals surface area contributed by atoms with Gasteiger partial charge >= 0.3 is 0 Å². The van der Waals surface area contributed by atoms with Gasteiger partial charge in [-0.25, -0.2) is 0 Å². The third kappa shape index (κ3) is 7.24. The van der Waals surface area contributed by atoms with E-state index < -0.39 is 0 Å². The largest absolute Gasteiger partial charge is 0.492 e. The quantitative estimate of drug-likeness (QED) is 0.512. The van der Waals surface area contributed by atoms with Gasteiger partial charge in [0, 0.05) is 44.8 Å². The summed E-state index contributed by atoms with van der Waals surface area (Å²) in [4.78, 5) is 6.64. The molecule has 3 rings (SSSR count). The van der Waals surface area contributed by atoms with E-state index in [0.717, 1.165) is 60.7 Å².